The van der Waals surface area contributed by atoms with E-state index in [-0.39, 0.29) is 0 Å². The first kappa shape index (κ1) is 14.5. The summed E-state index contributed by atoms with van der Waals surface area (Å²) in [6.45, 7) is 8.97. The summed E-state index contributed by atoms with van der Waals surface area (Å²) in [5.74, 6) is 0.749. The van der Waals surface area contributed by atoms with E-state index in [2.05, 4.69) is 49.0 Å². The van der Waals surface area contributed by atoms with Gasteiger partial charge >= 0.3 is 0 Å². The Balaban J connectivity index is 2.08. The molecule has 0 saturated carbocycles. The molecule has 0 aliphatic carbocycles. The van der Waals surface area contributed by atoms with Gasteiger partial charge in [0.25, 0.3) is 0 Å². The molecule has 0 fully saturated rings. The van der Waals surface area contributed by atoms with Crippen LogP contribution < -0.4 is 5.32 Å². The first-order valence-corrected chi connectivity index (χ1v) is 7.50. The van der Waals surface area contributed by atoms with Crippen molar-refractivity contribution in [1.29, 1.82) is 0 Å². The molecule has 0 atom stereocenters. The maximum absolute atomic E-state index is 3.47. The fraction of sp³-hybridized carbons (Fsp3) is 0.600. The average molecular weight is 251 g/mol. The highest BCUT2D eigenvalue weighted by atomic mass is 32.1. The molecule has 0 radical (unpaired) electrons. The van der Waals surface area contributed by atoms with Crippen LogP contribution in [-0.2, 0) is 6.42 Å². The van der Waals surface area contributed by atoms with Gasteiger partial charge in [0.15, 0.2) is 0 Å². The summed E-state index contributed by atoms with van der Waals surface area (Å²) in [5.41, 5.74) is 2.99. The van der Waals surface area contributed by atoms with Gasteiger partial charge in [-0.25, -0.2) is 0 Å². The SMILES string of the molecule is CC(=CCCNCC(C)C)CCc1ccsc1. The van der Waals surface area contributed by atoms with E-state index in [4.69, 9.17) is 0 Å². The molecule has 0 unspecified atom stereocenters. The van der Waals surface area contributed by atoms with E-state index in [9.17, 15) is 0 Å². The molecular formula is C15H25NS. The molecule has 1 rings (SSSR count). The lowest BCUT2D eigenvalue weighted by molar-refractivity contribution is 0.556. The highest BCUT2D eigenvalue weighted by molar-refractivity contribution is 7.07. The van der Waals surface area contributed by atoms with E-state index in [0.717, 1.165) is 25.4 Å². The van der Waals surface area contributed by atoms with Gasteiger partial charge in [-0.3, -0.25) is 0 Å². The van der Waals surface area contributed by atoms with E-state index in [1.807, 2.05) is 0 Å². The average Bonchev–Trinajstić information content (AvgIpc) is 2.78. The van der Waals surface area contributed by atoms with Crippen molar-refractivity contribution in [3.8, 4) is 0 Å². The molecule has 1 N–H and O–H groups in total. The third-order valence-corrected chi connectivity index (χ3v) is 3.49. The third-order valence-electron chi connectivity index (χ3n) is 2.75. The Labute approximate surface area is 110 Å². The van der Waals surface area contributed by atoms with E-state index < -0.39 is 0 Å². The molecule has 2 heteroatoms. The van der Waals surface area contributed by atoms with E-state index >= 15 is 0 Å². The van der Waals surface area contributed by atoms with Gasteiger partial charge in [0.2, 0.25) is 0 Å². The van der Waals surface area contributed by atoms with Crippen molar-refractivity contribution >= 4 is 11.3 Å². The molecule has 0 aliphatic rings. The van der Waals surface area contributed by atoms with Crippen LogP contribution in [0.15, 0.2) is 28.5 Å². The molecule has 0 saturated heterocycles. The van der Waals surface area contributed by atoms with Crippen LogP contribution in [0.2, 0.25) is 0 Å². The Hall–Kier alpha value is -0.600. The second-order valence-electron chi connectivity index (χ2n) is 5.07. The Morgan fingerprint density at radius 3 is 2.94 bits per heavy atom. The quantitative estimate of drug-likeness (QED) is 0.537. The summed E-state index contributed by atoms with van der Waals surface area (Å²) < 4.78 is 0. The van der Waals surface area contributed by atoms with Crippen molar-refractivity contribution < 1.29 is 0 Å². The fourth-order valence-electron chi connectivity index (χ4n) is 1.69. The molecule has 1 nitrogen and oxygen atoms in total. The lowest BCUT2D eigenvalue weighted by Gasteiger charge is -2.06. The van der Waals surface area contributed by atoms with E-state index in [1.54, 1.807) is 11.3 Å². The van der Waals surface area contributed by atoms with E-state index in [1.165, 1.54) is 24.0 Å². The Morgan fingerprint density at radius 2 is 2.29 bits per heavy atom. The standard InChI is InChI=1S/C15H25NS/c1-13(2)11-16-9-4-5-14(3)6-7-15-8-10-17-12-15/h5,8,10,12-13,16H,4,6-7,9,11H2,1-3H3. The van der Waals surface area contributed by atoms with Crippen LogP contribution in [0.1, 0.15) is 39.2 Å². The molecule has 0 bridgehead atoms. The molecule has 1 aromatic rings. The van der Waals surface area contributed by atoms with Crippen molar-refractivity contribution in [2.75, 3.05) is 13.1 Å². The highest BCUT2D eigenvalue weighted by Gasteiger charge is 1.95. The minimum atomic E-state index is 0.749. The van der Waals surface area contributed by atoms with Crippen LogP contribution >= 0.6 is 11.3 Å². The van der Waals surface area contributed by atoms with Crippen molar-refractivity contribution in [3.05, 3.63) is 34.0 Å². The third kappa shape index (κ3) is 7.35. The number of thiophene rings is 1. The van der Waals surface area contributed by atoms with Crippen LogP contribution in [0, 0.1) is 5.92 Å². The molecule has 17 heavy (non-hydrogen) atoms. The van der Waals surface area contributed by atoms with Gasteiger partial charge in [0.1, 0.15) is 0 Å². The van der Waals surface area contributed by atoms with Crippen LogP contribution in [0.4, 0.5) is 0 Å². The number of rotatable bonds is 8. The van der Waals surface area contributed by atoms with Crippen molar-refractivity contribution in [2.24, 2.45) is 5.92 Å². The molecule has 1 aromatic heterocycles. The van der Waals surface area contributed by atoms with Crippen molar-refractivity contribution in [2.45, 2.75) is 40.0 Å². The number of allylic oxidation sites excluding steroid dienone is 1. The molecule has 0 spiro atoms. The smallest absolute Gasteiger partial charge is 0.00141 e. The predicted octanol–water partition coefficient (Wildman–Crippen LogP) is 4.26. The number of nitrogens with one attached hydrogen (secondary N) is 1. The largest absolute Gasteiger partial charge is 0.316 e. The fourth-order valence-corrected chi connectivity index (χ4v) is 2.39. The lowest BCUT2D eigenvalue weighted by Crippen LogP contribution is -2.20. The van der Waals surface area contributed by atoms with Gasteiger partial charge in [0, 0.05) is 0 Å². The molecule has 0 amide bonds. The highest BCUT2D eigenvalue weighted by Crippen LogP contribution is 2.12. The summed E-state index contributed by atoms with van der Waals surface area (Å²) >= 11 is 1.79. The second-order valence-corrected chi connectivity index (χ2v) is 5.85. The first-order valence-electron chi connectivity index (χ1n) is 6.56. The summed E-state index contributed by atoms with van der Waals surface area (Å²) in [5, 5.41) is 7.87. The minimum absolute atomic E-state index is 0.749. The Bertz CT molecular complexity index is 312. The molecule has 1 heterocycles. The van der Waals surface area contributed by atoms with Crippen LogP contribution in [0.5, 0.6) is 0 Å². The molecule has 0 aromatic carbocycles. The topological polar surface area (TPSA) is 12.0 Å². The van der Waals surface area contributed by atoms with Crippen molar-refractivity contribution in [1.82, 2.24) is 5.32 Å². The molecule has 0 aliphatic heterocycles. The first-order chi connectivity index (χ1) is 8.18. The van der Waals surface area contributed by atoms with E-state index in [0.29, 0.717) is 0 Å². The number of hydrogen-bond donors (Lipinski definition) is 1. The van der Waals surface area contributed by atoms with Gasteiger partial charge < -0.3 is 5.32 Å². The zero-order valence-electron chi connectivity index (χ0n) is 11.3. The Morgan fingerprint density at radius 1 is 1.47 bits per heavy atom. The maximum Gasteiger partial charge on any atom is -0.00141 e. The maximum atomic E-state index is 3.47. The summed E-state index contributed by atoms with van der Waals surface area (Å²) in [6.07, 6.45) is 5.91. The normalized spacial score (nSPS) is 12.4. The molecular weight excluding hydrogens is 226 g/mol. The molecule has 96 valence electrons. The summed E-state index contributed by atoms with van der Waals surface area (Å²) in [4.78, 5) is 0. The number of aryl methyl sites for hydroxylation is 1. The number of hydrogen-bond acceptors (Lipinski definition) is 2. The van der Waals surface area contributed by atoms with Crippen LogP contribution in [-0.4, -0.2) is 13.1 Å². The summed E-state index contributed by atoms with van der Waals surface area (Å²) in [6, 6.07) is 2.22. The van der Waals surface area contributed by atoms with Crippen LogP contribution in [0.25, 0.3) is 0 Å². The van der Waals surface area contributed by atoms with Gasteiger partial charge in [-0.15, -0.1) is 0 Å². The zero-order chi connectivity index (χ0) is 12.5. The van der Waals surface area contributed by atoms with Crippen molar-refractivity contribution in [3.63, 3.8) is 0 Å². The lowest BCUT2D eigenvalue weighted by atomic mass is 10.1. The second kappa shape index (κ2) is 8.48. The Kier molecular flexibility index (Phi) is 7.22. The van der Waals surface area contributed by atoms with Gasteiger partial charge in [0.05, 0.1) is 0 Å². The monoisotopic (exact) mass is 251 g/mol. The predicted molar refractivity (Wildman–Crippen MR) is 78.7 cm³/mol. The zero-order valence-corrected chi connectivity index (χ0v) is 12.1. The minimum Gasteiger partial charge on any atom is -0.316 e. The van der Waals surface area contributed by atoms with Gasteiger partial charge in [-0.05, 0) is 67.6 Å². The van der Waals surface area contributed by atoms with Gasteiger partial charge in [-0.2, -0.15) is 11.3 Å². The van der Waals surface area contributed by atoms with Crippen LogP contribution in [0.3, 0.4) is 0 Å². The summed E-state index contributed by atoms with van der Waals surface area (Å²) in [7, 11) is 0. The van der Waals surface area contributed by atoms with Gasteiger partial charge in [-0.1, -0.05) is 25.5 Å².